The van der Waals surface area contributed by atoms with Crippen LogP contribution in [0.5, 0.6) is 11.5 Å². The molecule has 3 aromatic rings. The summed E-state index contributed by atoms with van der Waals surface area (Å²) in [6, 6.07) is 11.6. The maximum absolute atomic E-state index is 13.6. The number of ketones is 1. The first-order valence-corrected chi connectivity index (χ1v) is 10.0. The summed E-state index contributed by atoms with van der Waals surface area (Å²) in [5.41, 5.74) is 3.66. The predicted octanol–water partition coefficient (Wildman–Crippen LogP) is 4.58. The molecule has 2 heterocycles. The van der Waals surface area contributed by atoms with Gasteiger partial charge in [-0.1, -0.05) is 29.8 Å². The molecule has 1 aliphatic rings. The van der Waals surface area contributed by atoms with Crippen LogP contribution in [-0.2, 0) is 6.42 Å². The van der Waals surface area contributed by atoms with Gasteiger partial charge in [0.15, 0.2) is 11.5 Å². The van der Waals surface area contributed by atoms with E-state index in [0.717, 1.165) is 22.4 Å². The minimum absolute atomic E-state index is 0.158. The molecule has 4 rings (SSSR count). The zero-order valence-corrected chi connectivity index (χ0v) is 17.7. The Morgan fingerprint density at radius 3 is 2.70 bits per heavy atom. The molecule has 0 fully saturated rings. The monoisotopic (exact) mass is 403 g/mol. The van der Waals surface area contributed by atoms with E-state index >= 15 is 0 Å². The second-order valence-electron chi connectivity index (χ2n) is 8.04. The number of ether oxygens (including phenoxy) is 2. The van der Waals surface area contributed by atoms with Crippen LogP contribution in [0.1, 0.15) is 47.8 Å². The molecule has 0 N–H and O–H groups in total. The highest BCUT2D eigenvalue weighted by molar-refractivity contribution is 6.28. The van der Waals surface area contributed by atoms with Crippen molar-refractivity contribution in [3.63, 3.8) is 0 Å². The van der Waals surface area contributed by atoms with Gasteiger partial charge in [0.05, 0.1) is 6.61 Å². The summed E-state index contributed by atoms with van der Waals surface area (Å²) < 4.78 is 13.4. The number of Topliss-reactive ketones (excluding diaryl/α,β-unsaturated/α-hetero) is 1. The third-order valence-electron chi connectivity index (χ3n) is 4.97. The summed E-state index contributed by atoms with van der Waals surface area (Å²) in [6.45, 7) is 8.49. The Balaban J connectivity index is 1.79. The minimum atomic E-state index is -0.331. The fraction of sp³-hybridized carbons (Fsp3) is 0.292. The second kappa shape index (κ2) is 7.78. The number of aromatic nitrogens is 3. The molecule has 0 spiro atoms. The van der Waals surface area contributed by atoms with E-state index < -0.39 is 0 Å². The Kier molecular flexibility index (Phi) is 5.16. The van der Waals surface area contributed by atoms with Crippen molar-refractivity contribution in [2.45, 2.75) is 39.7 Å². The van der Waals surface area contributed by atoms with E-state index in [2.05, 4.69) is 10.1 Å². The van der Waals surface area contributed by atoms with Gasteiger partial charge in [-0.25, -0.2) is 9.67 Å². The molecule has 2 aromatic carbocycles. The number of hydrogen-bond donors (Lipinski definition) is 0. The number of benzene rings is 2. The van der Waals surface area contributed by atoms with Gasteiger partial charge in [0.25, 0.3) is 0 Å². The van der Waals surface area contributed by atoms with Crippen LogP contribution in [0.25, 0.3) is 11.8 Å². The molecule has 0 aliphatic carbocycles. The first-order valence-electron chi connectivity index (χ1n) is 10.0. The van der Waals surface area contributed by atoms with Crippen molar-refractivity contribution in [3.8, 4) is 11.5 Å². The molecule has 0 radical (unpaired) electrons. The van der Waals surface area contributed by atoms with Crippen LogP contribution in [0.15, 0.2) is 49.1 Å². The van der Waals surface area contributed by atoms with Crippen molar-refractivity contribution in [3.05, 3.63) is 71.3 Å². The Labute approximate surface area is 176 Å². The Bertz CT molecular complexity index is 1100. The van der Waals surface area contributed by atoms with Gasteiger partial charge in [0.2, 0.25) is 5.78 Å². The molecular weight excluding hydrogens is 378 g/mol. The highest BCUT2D eigenvalue weighted by atomic mass is 16.5. The van der Waals surface area contributed by atoms with E-state index in [9.17, 15) is 4.79 Å². The number of aryl methyl sites for hydroxylation is 1. The summed E-state index contributed by atoms with van der Waals surface area (Å²) in [6.07, 6.45) is 5.48. The molecule has 0 saturated heterocycles. The standard InChI is InChI=1S/C24H25N3O3/c1-5-29-21-12-18(11-19-13-24(3,4)30-23(19)21)22(28)20(27-15-25-14-26-27)10-17-8-6-16(2)7-9-17/h6-12,14-15H,5,13H2,1-4H3. The van der Waals surface area contributed by atoms with E-state index in [4.69, 9.17) is 9.47 Å². The van der Waals surface area contributed by atoms with Gasteiger partial charge in [-0.15, -0.1) is 0 Å². The SMILES string of the molecule is CCOc1cc(C(=O)C(=Cc2ccc(C)cc2)n2cncn2)cc2c1OC(C)(C)C2. The molecule has 1 aromatic heterocycles. The van der Waals surface area contributed by atoms with Gasteiger partial charge < -0.3 is 9.47 Å². The van der Waals surface area contributed by atoms with Gasteiger partial charge in [-0.05, 0) is 51.5 Å². The average molecular weight is 403 g/mol. The van der Waals surface area contributed by atoms with Crippen LogP contribution in [0, 0.1) is 6.92 Å². The fourth-order valence-electron chi connectivity index (χ4n) is 3.61. The Morgan fingerprint density at radius 1 is 1.27 bits per heavy atom. The van der Waals surface area contributed by atoms with Crippen molar-refractivity contribution in [1.29, 1.82) is 0 Å². The van der Waals surface area contributed by atoms with Crippen molar-refractivity contribution >= 4 is 17.6 Å². The highest BCUT2D eigenvalue weighted by Crippen LogP contribution is 2.43. The van der Waals surface area contributed by atoms with Gasteiger partial charge in [0.1, 0.15) is 24.0 Å². The lowest BCUT2D eigenvalue weighted by Gasteiger charge is -2.18. The van der Waals surface area contributed by atoms with Gasteiger partial charge >= 0.3 is 0 Å². The molecule has 6 nitrogen and oxygen atoms in total. The smallest absolute Gasteiger partial charge is 0.211 e. The Hall–Kier alpha value is -3.41. The molecule has 0 atom stereocenters. The quantitative estimate of drug-likeness (QED) is 0.445. The van der Waals surface area contributed by atoms with E-state index in [1.807, 2.05) is 64.1 Å². The summed E-state index contributed by atoms with van der Waals surface area (Å²) >= 11 is 0. The fourth-order valence-corrected chi connectivity index (χ4v) is 3.61. The molecule has 6 heteroatoms. The molecule has 30 heavy (non-hydrogen) atoms. The van der Waals surface area contributed by atoms with E-state index in [0.29, 0.717) is 30.0 Å². The van der Waals surface area contributed by atoms with Crippen LogP contribution in [-0.4, -0.2) is 32.8 Å². The lowest BCUT2D eigenvalue weighted by molar-refractivity contribution is 0.105. The van der Waals surface area contributed by atoms with Crippen LogP contribution < -0.4 is 9.47 Å². The first kappa shape index (κ1) is 19.9. The van der Waals surface area contributed by atoms with Gasteiger partial charge in [-0.2, -0.15) is 5.10 Å². The average Bonchev–Trinajstić information content (AvgIpc) is 3.34. The van der Waals surface area contributed by atoms with Crippen LogP contribution in [0.3, 0.4) is 0 Å². The van der Waals surface area contributed by atoms with Crippen LogP contribution >= 0.6 is 0 Å². The normalized spacial score (nSPS) is 14.9. The van der Waals surface area contributed by atoms with E-state index in [1.54, 1.807) is 6.07 Å². The van der Waals surface area contributed by atoms with Crippen molar-refractivity contribution in [1.82, 2.24) is 14.8 Å². The molecule has 0 saturated carbocycles. The molecule has 0 bridgehead atoms. The van der Waals surface area contributed by atoms with E-state index in [1.165, 1.54) is 17.3 Å². The zero-order chi connectivity index (χ0) is 21.3. The predicted molar refractivity (Wildman–Crippen MR) is 116 cm³/mol. The number of carbonyl (C=O) groups is 1. The first-order chi connectivity index (χ1) is 14.4. The van der Waals surface area contributed by atoms with Crippen molar-refractivity contribution in [2.75, 3.05) is 6.61 Å². The third-order valence-corrected chi connectivity index (χ3v) is 4.97. The molecule has 0 amide bonds. The molecular formula is C24H25N3O3. The highest BCUT2D eigenvalue weighted by Gasteiger charge is 2.34. The summed E-state index contributed by atoms with van der Waals surface area (Å²) in [5, 5.41) is 4.19. The number of allylic oxidation sites excluding steroid dienone is 1. The van der Waals surface area contributed by atoms with Crippen molar-refractivity contribution in [2.24, 2.45) is 0 Å². The summed E-state index contributed by atoms with van der Waals surface area (Å²) in [7, 11) is 0. The van der Waals surface area contributed by atoms with Crippen molar-refractivity contribution < 1.29 is 14.3 Å². The Morgan fingerprint density at radius 2 is 2.03 bits per heavy atom. The maximum Gasteiger partial charge on any atom is 0.211 e. The van der Waals surface area contributed by atoms with Crippen LogP contribution in [0.4, 0.5) is 0 Å². The lowest BCUT2D eigenvalue weighted by Crippen LogP contribution is -2.24. The van der Waals surface area contributed by atoms with Crippen LogP contribution in [0.2, 0.25) is 0 Å². The lowest BCUT2D eigenvalue weighted by atomic mass is 9.97. The number of rotatable bonds is 6. The van der Waals surface area contributed by atoms with Gasteiger partial charge in [-0.3, -0.25) is 4.79 Å². The molecule has 0 unspecified atom stereocenters. The topological polar surface area (TPSA) is 66.2 Å². The third kappa shape index (κ3) is 3.99. The second-order valence-corrected chi connectivity index (χ2v) is 8.04. The largest absolute Gasteiger partial charge is 0.490 e. The number of carbonyl (C=O) groups excluding carboxylic acids is 1. The molecule has 154 valence electrons. The molecule has 1 aliphatic heterocycles. The maximum atomic E-state index is 13.6. The minimum Gasteiger partial charge on any atom is -0.490 e. The van der Waals surface area contributed by atoms with Gasteiger partial charge in [0, 0.05) is 17.5 Å². The number of fused-ring (bicyclic) bond motifs is 1. The number of nitrogens with zero attached hydrogens (tertiary/aromatic N) is 3. The summed E-state index contributed by atoms with van der Waals surface area (Å²) in [5.74, 6) is 1.16. The number of hydrogen-bond acceptors (Lipinski definition) is 5. The zero-order valence-electron chi connectivity index (χ0n) is 17.7. The summed E-state index contributed by atoms with van der Waals surface area (Å²) in [4.78, 5) is 17.6. The van der Waals surface area contributed by atoms with E-state index in [-0.39, 0.29) is 11.4 Å².